The minimum Gasteiger partial charge on any atom is -0.461 e. The highest BCUT2D eigenvalue weighted by Crippen LogP contribution is 2.37. The van der Waals surface area contributed by atoms with E-state index in [1.54, 1.807) is 49.0 Å². The highest BCUT2D eigenvalue weighted by Gasteiger charge is 2.22. The lowest BCUT2D eigenvalue weighted by Crippen LogP contribution is -2.10. The zero-order valence-electron chi connectivity index (χ0n) is 15.2. The molecule has 142 valence electrons. The molecule has 1 heterocycles. The molecule has 0 saturated heterocycles. The first-order valence-electron chi connectivity index (χ1n) is 8.41. The highest BCUT2D eigenvalue weighted by atomic mass is 19.1. The Morgan fingerprint density at radius 3 is 2.32 bits per heavy atom. The topological polar surface area (TPSA) is 44.8 Å². The molecule has 0 bridgehead atoms. The van der Waals surface area contributed by atoms with Crippen LogP contribution in [-0.2, 0) is 11.8 Å². The van der Waals surface area contributed by atoms with Crippen molar-refractivity contribution >= 4 is 11.7 Å². The highest BCUT2D eigenvalue weighted by molar-refractivity contribution is 6.00. The Labute approximate surface area is 160 Å². The molecule has 28 heavy (non-hydrogen) atoms. The van der Waals surface area contributed by atoms with Gasteiger partial charge in [-0.25, -0.2) is 18.4 Å². The predicted molar refractivity (Wildman–Crippen MR) is 99.5 cm³/mol. The van der Waals surface area contributed by atoms with Gasteiger partial charge in [-0.2, -0.15) is 0 Å². The molecule has 0 N–H and O–H groups in total. The Balaban J connectivity index is 1.95. The minimum atomic E-state index is -0.739. The molecule has 5 nitrogen and oxygen atoms in total. The third-order valence-corrected chi connectivity index (χ3v) is 3.97. The van der Waals surface area contributed by atoms with Crippen molar-refractivity contribution in [1.82, 2.24) is 4.57 Å². The van der Waals surface area contributed by atoms with Gasteiger partial charge in [0.25, 0.3) is 0 Å². The summed E-state index contributed by atoms with van der Waals surface area (Å²) in [7, 11) is 1.67. The molecule has 1 aromatic heterocycles. The molecule has 0 spiro atoms. The number of benzene rings is 2. The van der Waals surface area contributed by atoms with E-state index < -0.39 is 17.6 Å². The van der Waals surface area contributed by atoms with Gasteiger partial charge in [-0.05, 0) is 24.6 Å². The number of hydrogen-bond donors (Lipinski definition) is 0. The van der Waals surface area contributed by atoms with E-state index in [1.165, 1.54) is 0 Å². The first kappa shape index (κ1) is 19.1. The molecule has 7 heteroatoms. The smallest absolute Gasteiger partial charge is 0.354 e. The summed E-state index contributed by atoms with van der Waals surface area (Å²) in [5.41, 5.74) is 1.66. The number of nitrogens with zero attached hydrogens (tertiary/aromatic N) is 2. The number of ether oxygens (including phenoxy) is 2. The van der Waals surface area contributed by atoms with Crippen LogP contribution in [0.25, 0.3) is 16.0 Å². The zero-order valence-corrected chi connectivity index (χ0v) is 15.2. The average molecular weight is 382 g/mol. The molecule has 0 atom stereocenters. The fourth-order valence-electron chi connectivity index (χ4n) is 2.84. The van der Waals surface area contributed by atoms with E-state index in [0.29, 0.717) is 22.6 Å². The van der Waals surface area contributed by atoms with Gasteiger partial charge < -0.3 is 14.0 Å². The Hall–Kier alpha value is -3.66. The quantitative estimate of drug-likeness (QED) is 0.433. The summed E-state index contributed by atoms with van der Waals surface area (Å²) in [6.07, 6.45) is 1.56. The summed E-state index contributed by atoms with van der Waals surface area (Å²) in [5.74, 6) is -1.62. The summed E-state index contributed by atoms with van der Waals surface area (Å²) in [6.45, 7) is 9.30. The fraction of sp³-hybridized carbons (Fsp3) is 0.143. The maximum Gasteiger partial charge on any atom is 0.354 e. The molecular formula is C21H16F2N2O3. The third-order valence-electron chi connectivity index (χ3n) is 3.97. The van der Waals surface area contributed by atoms with Crippen LogP contribution in [0.5, 0.6) is 11.5 Å². The van der Waals surface area contributed by atoms with Gasteiger partial charge in [-0.3, -0.25) is 0 Å². The Bertz CT molecular complexity index is 1050. The second-order valence-electron chi connectivity index (χ2n) is 5.91. The number of carbonyl (C=O) groups excluding carboxylic acids is 1. The summed E-state index contributed by atoms with van der Waals surface area (Å²) in [5, 5.41) is 0. The molecule has 0 aliphatic rings. The molecule has 0 radical (unpaired) electrons. The van der Waals surface area contributed by atoms with E-state index in [4.69, 9.17) is 16.0 Å². The van der Waals surface area contributed by atoms with E-state index in [9.17, 15) is 13.6 Å². The second-order valence-corrected chi connectivity index (χ2v) is 5.91. The van der Waals surface area contributed by atoms with Crippen molar-refractivity contribution in [3.05, 3.63) is 77.4 Å². The van der Waals surface area contributed by atoms with Crippen molar-refractivity contribution in [2.75, 3.05) is 6.61 Å². The molecule has 0 fully saturated rings. The van der Waals surface area contributed by atoms with Crippen molar-refractivity contribution in [3.63, 3.8) is 0 Å². The van der Waals surface area contributed by atoms with Crippen LogP contribution in [0.2, 0.25) is 0 Å². The molecule has 3 aromatic rings. The molecule has 0 unspecified atom stereocenters. The molecule has 3 rings (SSSR count). The summed E-state index contributed by atoms with van der Waals surface area (Å²) < 4.78 is 38.7. The standard InChI is InChI=1S/C21H16F2N2O3/c1-4-27-21(26)20-19(18(24-2)12-25(20)3)13-5-7-16(8-6-13)28-17-10-14(22)9-15(23)11-17/h5-12H,4H2,1,3H3. The van der Waals surface area contributed by atoms with Gasteiger partial charge in [-0.1, -0.05) is 12.1 Å². The van der Waals surface area contributed by atoms with E-state index >= 15 is 0 Å². The number of hydrogen-bond acceptors (Lipinski definition) is 3. The van der Waals surface area contributed by atoms with Crippen molar-refractivity contribution in [1.29, 1.82) is 0 Å². The van der Waals surface area contributed by atoms with Gasteiger partial charge in [-0.15, -0.1) is 0 Å². The first-order chi connectivity index (χ1) is 13.4. The number of carbonyl (C=O) groups is 1. The monoisotopic (exact) mass is 382 g/mol. The third kappa shape index (κ3) is 3.86. The Morgan fingerprint density at radius 2 is 1.75 bits per heavy atom. The summed E-state index contributed by atoms with van der Waals surface area (Å²) >= 11 is 0. The SMILES string of the molecule is [C-]#[N+]c1cn(C)c(C(=O)OCC)c1-c1ccc(Oc2cc(F)cc(F)c2)cc1. The van der Waals surface area contributed by atoms with Gasteiger partial charge in [0.1, 0.15) is 28.8 Å². The van der Waals surface area contributed by atoms with Crippen molar-refractivity contribution in [2.24, 2.45) is 7.05 Å². The zero-order chi connectivity index (χ0) is 20.3. The number of rotatable bonds is 5. The minimum absolute atomic E-state index is 0.0269. The van der Waals surface area contributed by atoms with Gasteiger partial charge in [0.05, 0.1) is 13.2 Å². The molecular weight excluding hydrogens is 366 g/mol. The van der Waals surface area contributed by atoms with Gasteiger partial charge in [0, 0.05) is 37.0 Å². The maximum absolute atomic E-state index is 13.3. The van der Waals surface area contributed by atoms with Gasteiger partial charge in [0.15, 0.2) is 0 Å². The second kappa shape index (κ2) is 7.92. The lowest BCUT2D eigenvalue weighted by Gasteiger charge is -2.10. The molecule has 0 aliphatic carbocycles. The van der Waals surface area contributed by atoms with Crippen LogP contribution in [0.3, 0.4) is 0 Å². The maximum atomic E-state index is 13.3. The summed E-state index contributed by atoms with van der Waals surface area (Å²) in [4.78, 5) is 15.8. The number of aromatic nitrogens is 1. The van der Waals surface area contributed by atoms with Crippen LogP contribution >= 0.6 is 0 Å². The largest absolute Gasteiger partial charge is 0.461 e. The molecule has 0 saturated carbocycles. The van der Waals surface area contributed by atoms with Crippen LogP contribution in [0, 0.1) is 18.2 Å². The van der Waals surface area contributed by atoms with Crippen molar-refractivity contribution in [3.8, 4) is 22.6 Å². The fourth-order valence-corrected chi connectivity index (χ4v) is 2.84. The average Bonchev–Trinajstić information content (AvgIpc) is 2.98. The lowest BCUT2D eigenvalue weighted by molar-refractivity contribution is 0.0516. The number of aryl methyl sites for hydroxylation is 1. The molecule has 2 aromatic carbocycles. The Morgan fingerprint density at radius 1 is 1.11 bits per heavy atom. The van der Waals surface area contributed by atoms with Crippen LogP contribution < -0.4 is 4.74 Å². The van der Waals surface area contributed by atoms with E-state index in [2.05, 4.69) is 4.85 Å². The normalized spacial score (nSPS) is 10.4. The number of halogens is 2. The first-order valence-corrected chi connectivity index (χ1v) is 8.41. The number of esters is 1. The lowest BCUT2D eigenvalue weighted by atomic mass is 10.0. The summed E-state index contributed by atoms with van der Waals surface area (Å²) in [6, 6.07) is 9.42. The van der Waals surface area contributed by atoms with E-state index in [0.717, 1.165) is 18.2 Å². The van der Waals surface area contributed by atoms with Crippen molar-refractivity contribution in [2.45, 2.75) is 6.92 Å². The molecule has 0 aliphatic heterocycles. The predicted octanol–water partition coefficient (Wildman–Crippen LogP) is 5.49. The Kier molecular flexibility index (Phi) is 5.41. The van der Waals surface area contributed by atoms with Crippen LogP contribution in [-0.4, -0.2) is 17.1 Å². The van der Waals surface area contributed by atoms with Gasteiger partial charge >= 0.3 is 5.97 Å². The van der Waals surface area contributed by atoms with Crippen molar-refractivity contribution < 1.29 is 23.0 Å². The van der Waals surface area contributed by atoms with Crippen LogP contribution in [0.4, 0.5) is 14.5 Å². The molecule has 0 amide bonds. The van der Waals surface area contributed by atoms with E-state index in [-0.39, 0.29) is 18.1 Å². The van der Waals surface area contributed by atoms with Crippen LogP contribution in [0.1, 0.15) is 17.4 Å². The van der Waals surface area contributed by atoms with E-state index in [1.807, 2.05) is 0 Å². The van der Waals surface area contributed by atoms with Crippen LogP contribution in [0.15, 0.2) is 48.7 Å². The van der Waals surface area contributed by atoms with Gasteiger partial charge in [0.2, 0.25) is 5.69 Å².